The fraction of sp³-hybridized carbons (Fsp3) is 0.316. The SMILES string of the molecule is COc1ccc(OCC(C)NC(=S)Nc2ccc(C)c(C)c2)cc1. The van der Waals surface area contributed by atoms with Crippen molar-refractivity contribution in [2.24, 2.45) is 0 Å². The standard InChI is InChI=1S/C19H24N2O2S/c1-13-5-6-16(11-14(13)2)21-19(24)20-15(3)12-23-18-9-7-17(22-4)8-10-18/h5-11,15H,12H2,1-4H3,(H2,20,21,24). The highest BCUT2D eigenvalue weighted by Crippen LogP contribution is 2.17. The Morgan fingerprint density at radius 2 is 1.71 bits per heavy atom. The monoisotopic (exact) mass is 344 g/mol. The number of rotatable bonds is 6. The molecule has 0 radical (unpaired) electrons. The van der Waals surface area contributed by atoms with Crippen LogP contribution in [0.2, 0.25) is 0 Å². The number of hydrogen-bond donors (Lipinski definition) is 2. The molecule has 24 heavy (non-hydrogen) atoms. The molecule has 4 nitrogen and oxygen atoms in total. The summed E-state index contributed by atoms with van der Waals surface area (Å²) in [5.74, 6) is 1.62. The van der Waals surface area contributed by atoms with Crippen molar-refractivity contribution in [3.05, 3.63) is 53.6 Å². The molecule has 0 bridgehead atoms. The first-order valence-electron chi connectivity index (χ1n) is 7.89. The van der Waals surface area contributed by atoms with Crippen molar-refractivity contribution in [3.8, 4) is 11.5 Å². The molecule has 0 saturated carbocycles. The molecule has 0 fully saturated rings. The molecule has 1 unspecified atom stereocenters. The van der Waals surface area contributed by atoms with Crippen LogP contribution in [0.1, 0.15) is 18.1 Å². The lowest BCUT2D eigenvalue weighted by atomic mass is 10.1. The number of ether oxygens (including phenoxy) is 2. The van der Waals surface area contributed by atoms with Gasteiger partial charge < -0.3 is 20.1 Å². The summed E-state index contributed by atoms with van der Waals surface area (Å²) in [7, 11) is 1.64. The third kappa shape index (κ3) is 5.42. The Kier molecular flexibility index (Phi) is 6.44. The smallest absolute Gasteiger partial charge is 0.171 e. The molecule has 0 aliphatic heterocycles. The van der Waals surface area contributed by atoms with E-state index >= 15 is 0 Å². The number of benzene rings is 2. The van der Waals surface area contributed by atoms with Gasteiger partial charge in [0.05, 0.1) is 13.2 Å². The lowest BCUT2D eigenvalue weighted by Gasteiger charge is -2.18. The molecule has 0 aliphatic rings. The minimum Gasteiger partial charge on any atom is -0.497 e. The van der Waals surface area contributed by atoms with E-state index in [2.05, 4.69) is 36.6 Å². The quantitative estimate of drug-likeness (QED) is 0.774. The lowest BCUT2D eigenvalue weighted by Crippen LogP contribution is -2.39. The topological polar surface area (TPSA) is 42.5 Å². The van der Waals surface area contributed by atoms with Crippen LogP contribution in [0.3, 0.4) is 0 Å². The minimum absolute atomic E-state index is 0.0821. The van der Waals surface area contributed by atoms with Gasteiger partial charge in [-0.3, -0.25) is 0 Å². The highest BCUT2D eigenvalue weighted by molar-refractivity contribution is 7.80. The number of nitrogens with one attached hydrogen (secondary N) is 2. The van der Waals surface area contributed by atoms with Crippen molar-refractivity contribution in [2.45, 2.75) is 26.8 Å². The average molecular weight is 344 g/mol. The molecule has 2 rings (SSSR count). The lowest BCUT2D eigenvalue weighted by molar-refractivity contribution is 0.286. The van der Waals surface area contributed by atoms with Gasteiger partial charge in [0.25, 0.3) is 0 Å². The Labute approximate surface area is 149 Å². The Bertz CT molecular complexity index is 686. The molecule has 2 aromatic rings. The van der Waals surface area contributed by atoms with Crippen LogP contribution in [0.4, 0.5) is 5.69 Å². The van der Waals surface area contributed by atoms with E-state index in [1.807, 2.05) is 37.3 Å². The van der Waals surface area contributed by atoms with Gasteiger partial charge in [0, 0.05) is 5.69 Å². The maximum Gasteiger partial charge on any atom is 0.171 e. The van der Waals surface area contributed by atoms with Gasteiger partial charge in [-0.2, -0.15) is 0 Å². The summed E-state index contributed by atoms with van der Waals surface area (Å²) in [4.78, 5) is 0. The van der Waals surface area contributed by atoms with Gasteiger partial charge >= 0.3 is 0 Å². The second-order valence-electron chi connectivity index (χ2n) is 5.79. The fourth-order valence-corrected chi connectivity index (χ4v) is 2.46. The predicted molar refractivity (Wildman–Crippen MR) is 103 cm³/mol. The van der Waals surface area contributed by atoms with Gasteiger partial charge in [0.2, 0.25) is 0 Å². The van der Waals surface area contributed by atoms with Crippen molar-refractivity contribution < 1.29 is 9.47 Å². The summed E-state index contributed by atoms with van der Waals surface area (Å²) in [6.07, 6.45) is 0. The van der Waals surface area contributed by atoms with E-state index in [1.54, 1.807) is 7.11 Å². The molecule has 0 saturated heterocycles. The van der Waals surface area contributed by atoms with Crippen molar-refractivity contribution in [1.29, 1.82) is 0 Å². The average Bonchev–Trinajstić information content (AvgIpc) is 2.56. The molecular formula is C19H24N2O2S. The minimum atomic E-state index is 0.0821. The summed E-state index contributed by atoms with van der Waals surface area (Å²) in [6, 6.07) is 13.8. The van der Waals surface area contributed by atoms with Gasteiger partial charge in [0.15, 0.2) is 5.11 Å². The van der Waals surface area contributed by atoms with Crippen LogP contribution in [-0.2, 0) is 0 Å². The first-order valence-corrected chi connectivity index (χ1v) is 8.30. The maximum atomic E-state index is 5.75. The number of hydrogen-bond acceptors (Lipinski definition) is 3. The van der Waals surface area contributed by atoms with E-state index in [1.165, 1.54) is 11.1 Å². The third-order valence-corrected chi connectivity index (χ3v) is 3.92. The van der Waals surface area contributed by atoms with Crippen molar-refractivity contribution in [2.75, 3.05) is 19.0 Å². The van der Waals surface area contributed by atoms with E-state index in [0.717, 1.165) is 17.2 Å². The predicted octanol–water partition coefficient (Wildman–Crippen LogP) is 4.07. The highest BCUT2D eigenvalue weighted by Gasteiger charge is 2.06. The zero-order valence-electron chi connectivity index (χ0n) is 14.6. The van der Waals surface area contributed by atoms with Crippen molar-refractivity contribution >= 4 is 23.0 Å². The fourth-order valence-electron chi connectivity index (χ4n) is 2.14. The molecule has 2 N–H and O–H groups in total. The van der Waals surface area contributed by atoms with Gasteiger partial charge in [-0.05, 0) is 80.5 Å². The highest BCUT2D eigenvalue weighted by atomic mass is 32.1. The second-order valence-corrected chi connectivity index (χ2v) is 6.19. The van der Waals surface area contributed by atoms with E-state index < -0.39 is 0 Å². The summed E-state index contributed by atoms with van der Waals surface area (Å²) in [5.41, 5.74) is 3.48. The largest absolute Gasteiger partial charge is 0.497 e. The van der Waals surface area contributed by atoms with E-state index in [-0.39, 0.29) is 6.04 Å². The number of aryl methyl sites for hydroxylation is 2. The molecule has 0 aliphatic carbocycles. The zero-order valence-corrected chi connectivity index (χ0v) is 15.4. The summed E-state index contributed by atoms with van der Waals surface area (Å²) in [6.45, 7) is 6.72. The Hall–Kier alpha value is -2.27. The Morgan fingerprint density at radius 3 is 2.33 bits per heavy atom. The molecule has 1 atom stereocenters. The van der Waals surface area contributed by atoms with Crippen LogP contribution in [0.25, 0.3) is 0 Å². The molecule has 0 amide bonds. The van der Waals surface area contributed by atoms with Crippen LogP contribution in [0, 0.1) is 13.8 Å². The zero-order chi connectivity index (χ0) is 17.5. The van der Waals surface area contributed by atoms with E-state index in [0.29, 0.717) is 11.7 Å². The Morgan fingerprint density at radius 1 is 1.04 bits per heavy atom. The summed E-state index contributed by atoms with van der Waals surface area (Å²) >= 11 is 5.36. The maximum absolute atomic E-state index is 5.75. The first-order chi connectivity index (χ1) is 11.5. The third-order valence-electron chi connectivity index (χ3n) is 3.70. The normalized spacial score (nSPS) is 11.5. The summed E-state index contributed by atoms with van der Waals surface area (Å²) in [5, 5.41) is 7.02. The molecule has 2 aromatic carbocycles. The molecule has 0 aromatic heterocycles. The Balaban J connectivity index is 1.79. The summed E-state index contributed by atoms with van der Waals surface area (Å²) < 4.78 is 10.9. The number of methoxy groups -OCH3 is 1. The number of thiocarbonyl (C=S) groups is 1. The second kappa shape index (κ2) is 8.55. The van der Waals surface area contributed by atoms with Gasteiger partial charge in [-0.15, -0.1) is 0 Å². The van der Waals surface area contributed by atoms with Crippen LogP contribution in [0.5, 0.6) is 11.5 Å². The van der Waals surface area contributed by atoms with E-state index in [9.17, 15) is 0 Å². The first kappa shape index (κ1) is 18.1. The van der Waals surface area contributed by atoms with Gasteiger partial charge in [-0.25, -0.2) is 0 Å². The molecule has 5 heteroatoms. The van der Waals surface area contributed by atoms with Crippen LogP contribution in [0.15, 0.2) is 42.5 Å². The van der Waals surface area contributed by atoms with Crippen molar-refractivity contribution in [1.82, 2.24) is 5.32 Å². The molecule has 128 valence electrons. The van der Waals surface area contributed by atoms with E-state index in [4.69, 9.17) is 21.7 Å². The molecule has 0 heterocycles. The molecular weight excluding hydrogens is 320 g/mol. The van der Waals surface area contributed by atoms with Crippen LogP contribution >= 0.6 is 12.2 Å². The van der Waals surface area contributed by atoms with Gasteiger partial charge in [-0.1, -0.05) is 6.07 Å². The van der Waals surface area contributed by atoms with Crippen LogP contribution in [-0.4, -0.2) is 24.9 Å². The number of anilines is 1. The molecule has 0 spiro atoms. The van der Waals surface area contributed by atoms with Crippen molar-refractivity contribution in [3.63, 3.8) is 0 Å². The van der Waals surface area contributed by atoms with Gasteiger partial charge in [0.1, 0.15) is 18.1 Å². The van der Waals surface area contributed by atoms with Crippen LogP contribution < -0.4 is 20.1 Å².